The second kappa shape index (κ2) is 4.54. The van der Waals surface area contributed by atoms with Crippen molar-refractivity contribution in [3.05, 3.63) is 0 Å². The zero-order valence-corrected chi connectivity index (χ0v) is 7.50. The summed E-state index contributed by atoms with van der Waals surface area (Å²) in [6, 6.07) is 0. The molecular weight excluding hydrogens is 180 g/mol. The van der Waals surface area contributed by atoms with Crippen molar-refractivity contribution in [3.8, 4) is 0 Å². The van der Waals surface area contributed by atoms with Gasteiger partial charge in [-0.3, -0.25) is 9.69 Å². The van der Waals surface area contributed by atoms with E-state index < -0.39 is 11.1 Å². The van der Waals surface area contributed by atoms with E-state index in [1.54, 1.807) is 4.90 Å². The minimum absolute atomic E-state index is 0.187. The van der Waals surface area contributed by atoms with Crippen LogP contribution in [0.25, 0.3) is 0 Å². The molecule has 0 saturated carbocycles. The van der Waals surface area contributed by atoms with Crippen LogP contribution in [0, 0.1) is 0 Å². The van der Waals surface area contributed by atoms with Crippen LogP contribution in [0.1, 0.15) is 0 Å². The first kappa shape index (κ1) is 9.63. The monoisotopic (exact) mass is 192 g/mol. The fourth-order valence-electron chi connectivity index (χ4n) is 1.15. The Hall–Kier alpha value is -0.460. The summed E-state index contributed by atoms with van der Waals surface area (Å²) >= 11 is -1.76. The molecule has 0 aromatic carbocycles. The summed E-state index contributed by atoms with van der Waals surface area (Å²) in [7, 11) is 0. The van der Waals surface area contributed by atoms with Gasteiger partial charge in [0, 0.05) is 26.2 Å². The molecule has 1 heterocycles. The average Bonchev–Trinajstić information content (AvgIpc) is 2.05. The number of carbonyl (C=O) groups is 1. The third kappa shape index (κ3) is 2.88. The Bertz CT molecular complexity index is 180. The molecule has 1 aliphatic heterocycles. The van der Waals surface area contributed by atoms with Crippen molar-refractivity contribution in [2.45, 2.75) is 0 Å². The molecule has 1 amide bonds. The molecular formula is C6H12N2O3S. The van der Waals surface area contributed by atoms with E-state index in [0.717, 1.165) is 6.41 Å². The Morgan fingerprint density at radius 3 is 2.33 bits per heavy atom. The molecule has 1 saturated heterocycles. The van der Waals surface area contributed by atoms with Gasteiger partial charge in [-0.15, -0.1) is 0 Å². The lowest BCUT2D eigenvalue weighted by Gasteiger charge is -2.31. The van der Waals surface area contributed by atoms with Gasteiger partial charge in [-0.05, 0) is 0 Å². The van der Waals surface area contributed by atoms with E-state index >= 15 is 0 Å². The summed E-state index contributed by atoms with van der Waals surface area (Å²) in [4.78, 5) is 13.8. The van der Waals surface area contributed by atoms with Crippen LogP contribution in [0.15, 0.2) is 0 Å². The molecule has 0 bridgehead atoms. The first-order chi connectivity index (χ1) is 5.72. The summed E-state index contributed by atoms with van der Waals surface area (Å²) in [6.07, 6.45) is 0.813. The molecule has 6 heteroatoms. The number of rotatable bonds is 3. The second-order valence-electron chi connectivity index (χ2n) is 2.71. The van der Waals surface area contributed by atoms with Crippen molar-refractivity contribution in [2.24, 2.45) is 0 Å². The van der Waals surface area contributed by atoms with E-state index in [4.69, 9.17) is 4.55 Å². The molecule has 0 aliphatic carbocycles. The normalized spacial score (nSPS) is 22.2. The Morgan fingerprint density at radius 1 is 1.33 bits per heavy atom. The zero-order valence-electron chi connectivity index (χ0n) is 6.68. The number of carbonyl (C=O) groups excluding carboxylic acids is 1. The minimum Gasteiger partial charge on any atom is -0.343 e. The van der Waals surface area contributed by atoms with Gasteiger partial charge in [0.25, 0.3) is 0 Å². The van der Waals surface area contributed by atoms with Crippen LogP contribution in [0.5, 0.6) is 0 Å². The van der Waals surface area contributed by atoms with E-state index in [1.165, 1.54) is 0 Å². The van der Waals surface area contributed by atoms with Crippen molar-refractivity contribution in [1.82, 2.24) is 9.80 Å². The van der Waals surface area contributed by atoms with Crippen molar-refractivity contribution >= 4 is 17.5 Å². The molecule has 0 aromatic heterocycles. The molecule has 1 fully saturated rings. The number of nitrogens with zero attached hydrogens (tertiary/aromatic N) is 2. The number of hydrogen-bond donors (Lipinski definition) is 1. The third-order valence-electron chi connectivity index (χ3n) is 1.85. The SMILES string of the molecule is O=CN1CCN(CS(=O)O)CC1. The fraction of sp³-hybridized carbons (Fsp3) is 0.833. The highest BCUT2D eigenvalue weighted by Gasteiger charge is 2.15. The zero-order chi connectivity index (χ0) is 8.97. The maximum Gasteiger partial charge on any atom is 0.209 e. The van der Waals surface area contributed by atoms with E-state index in [0.29, 0.717) is 26.2 Å². The highest BCUT2D eigenvalue weighted by atomic mass is 32.2. The Balaban J connectivity index is 2.26. The summed E-state index contributed by atoms with van der Waals surface area (Å²) in [5.41, 5.74) is 0. The Kier molecular flexibility index (Phi) is 3.64. The second-order valence-corrected chi connectivity index (χ2v) is 3.61. The molecule has 0 aromatic rings. The van der Waals surface area contributed by atoms with Crippen LogP contribution in [0.2, 0.25) is 0 Å². The van der Waals surface area contributed by atoms with Crippen molar-refractivity contribution < 1.29 is 13.6 Å². The Morgan fingerprint density at radius 2 is 1.92 bits per heavy atom. The van der Waals surface area contributed by atoms with Gasteiger partial charge in [0.15, 0.2) is 11.1 Å². The molecule has 5 nitrogen and oxygen atoms in total. The predicted octanol–water partition coefficient (Wildman–Crippen LogP) is -1.06. The molecule has 0 spiro atoms. The van der Waals surface area contributed by atoms with Gasteiger partial charge in [0.05, 0.1) is 0 Å². The molecule has 1 atom stereocenters. The summed E-state index contributed by atoms with van der Waals surface area (Å²) in [6.45, 7) is 2.68. The first-order valence-electron chi connectivity index (χ1n) is 3.71. The molecule has 12 heavy (non-hydrogen) atoms. The lowest BCUT2D eigenvalue weighted by Crippen LogP contribution is -2.46. The highest BCUT2D eigenvalue weighted by molar-refractivity contribution is 7.79. The van der Waals surface area contributed by atoms with E-state index in [-0.39, 0.29) is 5.88 Å². The Labute approximate surface area is 73.6 Å². The van der Waals surface area contributed by atoms with Gasteiger partial charge >= 0.3 is 0 Å². The summed E-state index contributed by atoms with van der Waals surface area (Å²) in [5.74, 6) is 0.187. The van der Waals surface area contributed by atoms with Gasteiger partial charge in [-0.25, -0.2) is 4.21 Å². The van der Waals surface area contributed by atoms with Crippen LogP contribution in [0.3, 0.4) is 0 Å². The quantitative estimate of drug-likeness (QED) is 0.457. The molecule has 0 radical (unpaired) electrons. The van der Waals surface area contributed by atoms with Crippen LogP contribution in [-0.2, 0) is 15.9 Å². The molecule has 1 aliphatic rings. The van der Waals surface area contributed by atoms with Gasteiger partial charge in [0.2, 0.25) is 6.41 Å². The van der Waals surface area contributed by atoms with Crippen molar-refractivity contribution in [3.63, 3.8) is 0 Å². The lowest BCUT2D eigenvalue weighted by atomic mass is 10.4. The minimum atomic E-state index is -1.76. The van der Waals surface area contributed by atoms with Crippen LogP contribution < -0.4 is 0 Å². The van der Waals surface area contributed by atoms with Crippen LogP contribution >= 0.6 is 0 Å². The maximum atomic E-state index is 10.4. The molecule has 1 rings (SSSR count). The lowest BCUT2D eigenvalue weighted by molar-refractivity contribution is -0.119. The highest BCUT2D eigenvalue weighted by Crippen LogP contribution is 1.99. The van der Waals surface area contributed by atoms with Crippen molar-refractivity contribution in [1.29, 1.82) is 0 Å². The fourth-order valence-corrected chi connectivity index (χ4v) is 1.72. The van der Waals surface area contributed by atoms with Gasteiger partial charge in [0.1, 0.15) is 5.88 Å². The summed E-state index contributed by atoms with van der Waals surface area (Å²) in [5, 5.41) is 0. The van der Waals surface area contributed by atoms with E-state index in [2.05, 4.69) is 0 Å². The van der Waals surface area contributed by atoms with E-state index in [9.17, 15) is 9.00 Å². The smallest absolute Gasteiger partial charge is 0.209 e. The molecule has 1 N–H and O–H groups in total. The third-order valence-corrected chi connectivity index (χ3v) is 2.43. The number of amides is 1. The topological polar surface area (TPSA) is 60.9 Å². The van der Waals surface area contributed by atoms with Gasteiger partial charge in [-0.1, -0.05) is 0 Å². The standard InChI is InChI=1S/C6H12N2O3S/c9-5-7-1-3-8(4-2-7)6-12(10)11/h5H,1-4,6H2,(H,10,11). The summed E-state index contributed by atoms with van der Waals surface area (Å²) < 4.78 is 19.0. The number of hydrogen-bond acceptors (Lipinski definition) is 3. The largest absolute Gasteiger partial charge is 0.343 e. The van der Waals surface area contributed by atoms with Crippen LogP contribution in [0.4, 0.5) is 0 Å². The first-order valence-corrected chi connectivity index (χ1v) is 4.99. The van der Waals surface area contributed by atoms with Crippen LogP contribution in [-0.4, -0.2) is 57.0 Å². The van der Waals surface area contributed by atoms with Gasteiger partial charge < -0.3 is 9.45 Å². The number of piperazine rings is 1. The maximum absolute atomic E-state index is 10.4. The average molecular weight is 192 g/mol. The van der Waals surface area contributed by atoms with Crippen molar-refractivity contribution in [2.75, 3.05) is 32.1 Å². The van der Waals surface area contributed by atoms with E-state index in [1.807, 2.05) is 4.90 Å². The van der Waals surface area contributed by atoms with Gasteiger partial charge in [-0.2, -0.15) is 0 Å². The molecule has 70 valence electrons. The predicted molar refractivity (Wildman–Crippen MR) is 44.8 cm³/mol. The molecule has 1 unspecified atom stereocenters.